The average molecular weight is 521 g/mol. The lowest BCUT2D eigenvalue weighted by molar-refractivity contribution is -0.384. The number of benzene rings is 3. The maximum Gasteiger partial charge on any atom is 0.273 e. The second-order valence-corrected chi connectivity index (χ2v) is 9.02. The number of amides is 1. The SMILES string of the molecule is Cc1ccc(/C=N/N(C(=O)/C=C/c2cccc([N+](=O)[O-])c2)c2nc3ccc(Br)cc3s2)cc1. The van der Waals surface area contributed by atoms with Gasteiger partial charge in [0.2, 0.25) is 5.13 Å². The van der Waals surface area contributed by atoms with E-state index in [0.717, 1.165) is 25.8 Å². The monoisotopic (exact) mass is 520 g/mol. The lowest BCUT2D eigenvalue weighted by Crippen LogP contribution is -2.23. The number of hydrogen-bond donors (Lipinski definition) is 0. The summed E-state index contributed by atoms with van der Waals surface area (Å²) in [5.41, 5.74) is 3.20. The Bertz CT molecular complexity index is 1400. The minimum Gasteiger partial charge on any atom is -0.267 e. The molecule has 1 amide bonds. The molecule has 0 N–H and O–H groups in total. The quantitative estimate of drug-likeness (QED) is 0.128. The molecule has 4 aromatic rings. The van der Waals surface area contributed by atoms with Crippen LogP contribution in [0.25, 0.3) is 16.3 Å². The van der Waals surface area contributed by atoms with Gasteiger partial charge in [0.1, 0.15) is 0 Å². The summed E-state index contributed by atoms with van der Waals surface area (Å²) in [5.74, 6) is -0.428. The van der Waals surface area contributed by atoms with Gasteiger partial charge >= 0.3 is 0 Å². The molecule has 0 aliphatic carbocycles. The van der Waals surface area contributed by atoms with Gasteiger partial charge in [-0.1, -0.05) is 69.2 Å². The van der Waals surface area contributed by atoms with E-state index in [0.29, 0.717) is 10.7 Å². The smallest absolute Gasteiger partial charge is 0.267 e. The lowest BCUT2D eigenvalue weighted by Gasteiger charge is -2.11. The van der Waals surface area contributed by atoms with E-state index in [1.807, 2.05) is 49.4 Å². The first-order valence-electron chi connectivity index (χ1n) is 9.82. The fraction of sp³-hybridized carbons (Fsp3) is 0.0417. The molecule has 4 rings (SSSR count). The number of halogens is 1. The predicted molar refractivity (Wildman–Crippen MR) is 136 cm³/mol. The number of hydrazone groups is 1. The molecule has 0 aliphatic heterocycles. The number of nitro groups is 1. The number of anilines is 1. The molecule has 0 bridgehead atoms. The van der Waals surface area contributed by atoms with Gasteiger partial charge in [0, 0.05) is 22.7 Å². The van der Waals surface area contributed by atoms with Gasteiger partial charge in [-0.15, -0.1) is 0 Å². The number of fused-ring (bicyclic) bond motifs is 1. The van der Waals surface area contributed by atoms with E-state index in [1.54, 1.807) is 18.3 Å². The van der Waals surface area contributed by atoms with E-state index in [4.69, 9.17) is 0 Å². The Morgan fingerprint density at radius 1 is 1.12 bits per heavy atom. The van der Waals surface area contributed by atoms with Crippen LogP contribution in [0.3, 0.4) is 0 Å². The van der Waals surface area contributed by atoms with Crippen LogP contribution < -0.4 is 5.01 Å². The Labute approximate surface area is 202 Å². The Morgan fingerprint density at radius 2 is 1.91 bits per heavy atom. The molecule has 1 heterocycles. The summed E-state index contributed by atoms with van der Waals surface area (Å²) in [5, 5.41) is 17.1. The summed E-state index contributed by atoms with van der Waals surface area (Å²) in [4.78, 5) is 28.2. The number of hydrogen-bond acceptors (Lipinski definition) is 6. The Kier molecular flexibility index (Phi) is 6.71. The van der Waals surface area contributed by atoms with Crippen LogP contribution in [0.4, 0.5) is 10.8 Å². The largest absolute Gasteiger partial charge is 0.273 e. The topological polar surface area (TPSA) is 88.7 Å². The van der Waals surface area contributed by atoms with Gasteiger partial charge in [-0.05, 0) is 42.3 Å². The molecule has 0 saturated heterocycles. The number of rotatable bonds is 6. The van der Waals surface area contributed by atoms with Crippen molar-refractivity contribution in [3.05, 3.63) is 104 Å². The lowest BCUT2D eigenvalue weighted by atomic mass is 10.2. The number of nitrogens with zero attached hydrogens (tertiary/aromatic N) is 4. The van der Waals surface area contributed by atoms with E-state index in [9.17, 15) is 14.9 Å². The summed E-state index contributed by atoms with van der Waals surface area (Å²) in [6.45, 7) is 1.99. The Hall–Kier alpha value is -3.69. The van der Waals surface area contributed by atoms with E-state index in [1.165, 1.54) is 40.6 Å². The van der Waals surface area contributed by atoms with Gasteiger partial charge < -0.3 is 0 Å². The van der Waals surface area contributed by atoms with Crippen LogP contribution in [-0.4, -0.2) is 22.0 Å². The summed E-state index contributed by atoms with van der Waals surface area (Å²) < 4.78 is 1.82. The fourth-order valence-corrected chi connectivity index (χ4v) is 4.42. The van der Waals surface area contributed by atoms with E-state index in [2.05, 4.69) is 26.0 Å². The molecule has 9 heteroatoms. The highest BCUT2D eigenvalue weighted by Gasteiger charge is 2.17. The molecule has 0 atom stereocenters. The van der Waals surface area contributed by atoms with Crippen molar-refractivity contribution in [3.8, 4) is 0 Å². The summed E-state index contributed by atoms with van der Waals surface area (Å²) in [7, 11) is 0. The average Bonchev–Trinajstić information content (AvgIpc) is 3.22. The predicted octanol–water partition coefficient (Wildman–Crippen LogP) is 6.36. The first kappa shape index (κ1) is 22.5. The first-order valence-corrected chi connectivity index (χ1v) is 11.4. The zero-order chi connectivity index (χ0) is 23.4. The summed E-state index contributed by atoms with van der Waals surface area (Å²) in [6.07, 6.45) is 4.45. The minimum absolute atomic E-state index is 0.0457. The van der Waals surface area contributed by atoms with Crippen LogP contribution in [-0.2, 0) is 4.79 Å². The van der Waals surface area contributed by atoms with Crippen molar-refractivity contribution in [2.75, 3.05) is 5.01 Å². The molecular weight excluding hydrogens is 504 g/mol. The number of aromatic nitrogens is 1. The molecule has 7 nitrogen and oxygen atoms in total. The molecule has 33 heavy (non-hydrogen) atoms. The molecule has 0 unspecified atom stereocenters. The molecular formula is C24H17BrN4O3S. The van der Waals surface area contributed by atoms with Crippen LogP contribution in [0, 0.1) is 17.0 Å². The molecule has 164 valence electrons. The maximum absolute atomic E-state index is 13.1. The van der Waals surface area contributed by atoms with Gasteiger partial charge in [0.15, 0.2) is 0 Å². The molecule has 0 radical (unpaired) electrons. The number of thiazole rings is 1. The highest BCUT2D eigenvalue weighted by molar-refractivity contribution is 9.10. The molecule has 1 aromatic heterocycles. The van der Waals surface area contributed by atoms with Crippen molar-refractivity contribution in [1.29, 1.82) is 0 Å². The Morgan fingerprint density at radius 3 is 2.67 bits per heavy atom. The third kappa shape index (κ3) is 5.57. The maximum atomic E-state index is 13.1. The van der Waals surface area contributed by atoms with Crippen molar-refractivity contribution in [1.82, 2.24) is 4.98 Å². The van der Waals surface area contributed by atoms with E-state index >= 15 is 0 Å². The van der Waals surface area contributed by atoms with E-state index < -0.39 is 10.8 Å². The second kappa shape index (κ2) is 9.85. The standard InChI is InChI=1S/C24H17BrN4O3S/c1-16-5-7-18(8-6-16)15-26-28(24-27-21-11-10-19(25)14-22(21)33-24)23(30)12-9-17-3-2-4-20(13-17)29(31)32/h2-15H,1H3/b12-9+,26-15+. The van der Waals surface area contributed by atoms with Crippen molar-refractivity contribution in [3.63, 3.8) is 0 Å². The summed E-state index contributed by atoms with van der Waals surface area (Å²) >= 11 is 4.79. The van der Waals surface area contributed by atoms with Crippen LogP contribution in [0.2, 0.25) is 0 Å². The number of nitro benzene ring substituents is 1. The van der Waals surface area contributed by atoms with Crippen molar-refractivity contribution in [2.45, 2.75) is 6.92 Å². The van der Waals surface area contributed by atoms with Crippen molar-refractivity contribution >= 4 is 66.5 Å². The fourth-order valence-electron chi connectivity index (χ4n) is 2.93. The number of aryl methyl sites for hydroxylation is 1. The van der Waals surface area contributed by atoms with Crippen LogP contribution in [0.15, 0.2) is 82.4 Å². The van der Waals surface area contributed by atoms with Crippen LogP contribution in [0.1, 0.15) is 16.7 Å². The zero-order valence-electron chi connectivity index (χ0n) is 17.4. The van der Waals surface area contributed by atoms with Gasteiger partial charge in [0.05, 0.1) is 21.4 Å². The van der Waals surface area contributed by atoms with Crippen molar-refractivity contribution in [2.24, 2.45) is 5.10 Å². The number of non-ortho nitro benzene ring substituents is 1. The van der Waals surface area contributed by atoms with Crippen LogP contribution >= 0.6 is 27.3 Å². The van der Waals surface area contributed by atoms with Gasteiger partial charge in [-0.25, -0.2) is 4.98 Å². The van der Waals surface area contributed by atoms with Gasteiger partial charge in [-0.2, -0.15) is 10.1 Å². The number of carbonyl (C=O) groups is 1. The second-order valence-electron chi connectivity index (χ2n) is 7.10. The minimum atomic E-state index is -0.476. The summed E-state index contributed by atoms with van der Waals surface area (Å²) in [6, 6.07) is 19.5. The highest BCUT2D eigenvalue weighted by atomic mass is 79.9. The zero-order valence-corrected chi connectivity index (χ0v) is 19.8. The van der Waals surface area contributed by atoms with E-state index in [-0.39, 0.29) is 5.69 Å². The molecule has 3 aromatic carbocycles. The number of carbonyl (C=O) groups excluding carboxylic acids is 1. The van der Waals surface area contributed by atoms with Crippen molar-refractivity contribution < 1.29 is 9.72 Å². The van der Waals surface area contributed by atoms with Gasteiger partial charge in [-0.3, -0.25) is 14.9 Å². The normalized spacial score (nSPS) is 11.5. The molecule has 0 fully saturated rings. The van der Waals surface area contributed by atoms with Gasteiger partial charge in [0.25, 0.3) is 11.6 Å². The third-order valence-corrected chi connectivity index (χ3v) is 6.12. The third-order valence-electron chi connectivity index (χ3n) is 4.63. The van der Waals surface area contributed by atoms with Crippen LogP contribution in [0.5, 0.6) is 0 Å². The highest BCUT2D eigenvalue weighted by Crippen LogP contribution is 2.31. The molecule has 0 saturated carbocycles. The molecule has 0 spiro atoms. The Balaban J connectivity index is 1.67. The molecule has 0 aliphatic rings. The first-order chi connectivity index (χ1) is 15.9.